The Balaban J connectivity index is 2.39. The molecule has 0 aliphatic carbocycles. The van der Waals surface area contributed by atoms with E-state index in [1.807, 2.05) is 13.8 Å². The van der Waals surface area contributed by atoms with Gasteiger partial charge in [-0.1, -0.05) is 31.5 Å². The van der Waals surface area contributed by atoms with Gasteiger partial charge in [-0.3, -0.25) is 4.79 Å². The molecule has 0 aliphatic rings. The first-order chi connectivity index (χ1) is 8.90. The first-order valence-electron chi connectivity index (χ1n) is 6.32. The van der Waals surface area contributed by atoms with Crippen molar-refractivity contribution in [2.75, 3.05) is 6.54 Å². The van der Waals surface area contributed by atoms with Gasteiger partial charge in [0.05, 0.1) is 12.5 Å². The quantitative estimate of drug-likeness (QED) is 0.750. The summed E-state index contributed by atoms with van der Waals surface area (Å²) in [5.41, 5.74) is 0.668. The smallest absolute Gasteiger partial charge is 0.224 e. The average molecular weight is 286 g/mol. The second-order valence-electron chi connectivity index (χ2n) is 4.90. The molecule has 4 nitrogen and oxygen atoms in total. The molecule has 106 valence electrons. The van der Waals surface area contributed by atoms with Crippen LogP contribution in [-0.4, -0.2) is 28.8 Å². The lowest BCUT2D eigenvalue weighted by atomic mass is 10.0. The lowest BCUT2D eigenvalue weighted by molar-refractivity contribution is -0.120. The molecule has 5 heteroatoms. The highest BCUT2D eigenvalue weighted by Crippen LogP contribution is 2.21. The van der Waals surface area contributed by atoms with Crippen LogP contribution in [0, 0.1) is 5.92 Å². The molecule has 19 heavy (non-hydrogen) atoms. The van der Waals surface area contributed by atoms with Crippen molar-refractivity contribution < 1.29 is 15.0 Å². The van der Waals surface area contributed by atoms with E-state index in [0.717, 1.165) is 0 Å². The Morgan fingerprint density at radius 1 is 1.42 bits per heavy atom. The van der Waals surface area contributed by atoms with Gasteiger partial charge in [-0.2, -0.15) is 0 Å². The van der Waals surface area contributed by atoms with E-state index in [4.69, 9.17) is 11.6 Å². The number of carbonyl (C=O) groups is 1. The molecule has 1 aromatic rings. The number of hydrogen-bond acceptors (Lipinski definition) is 3. The van der Waals surface area contributed by atoms with Gasteiger partial charge < -0.3 is 15.5 Å². The third kappa shape index (κ3) is 5.49. The molecule has 3 N–H and O–H groups in total. The van der Waals surface area contributed by atoms with Crippen LogP contribution in [0.3, 0.4) is 0 Å². The van der Waals surface area contributed by atoms with Crippen molar-refractivity contribution in [2.24, 2.45) is 5.92 Å². The molecule has 0 heterocycles. The first-order valence-corrected chi connectivity index (χ1v) is 6.70. The van der Waals surface area contributed by atoms with Gasteiger partial charge in [0, 0.05) is 11.6 Å². The van der Waals surface area contributed by atoms with Crippen molar-refractivity contribution >= 4 is 17.5 Å². The van der Waals surface area contributed by atoms with E-state index in [1.54, 1.807) is 6.07 Å². The second kappa shape index (κ2) is 7.36. The van der Waals surface area contributed by atoms with E-state index in [9.17, 15) is 15.0 Å². The topological polar surface area (TPSA) is 69.6 Å². The number of aromatic hydroxyl groups is 1. The highest BCUT2D eigenvalue weighted by atomic mass is 35.5. The maximum atomic E-state index is 11.7. The molecule has 0 saturated carbocycles. The van der Waals surface area contributed by atoms with Crippen LogP contribution in [0.2, 0.25) is 5.02 Å². The van der Waals surface area contributed by atoms with Gasteiger partial charge in [0.1, 0.15) is 5.75 Å². The van der Waals surface area contributed by atoms with Gasteiger partial charge in [-0.05, 0) is 30.0 Å². The maximum absolute atomic E-state index is 11.7. The fraction of sp³-hybridized carbons (Fsp3) is 0.500. The van der Waals surface area contributed by atoms with E-state index in [-0.39, 0.29) is 24.0 Å². The Labute approximate surface area is 118 Å². The van der Waals surface area contributed by atoms with Crippen LogP contribution in [0.1, 0.15) is 25.8 Å². The molecular weight excluding hydrogens is 266 g/mol. The number of halogens is 1. The van der Waals surface area contributed by atoms with Gasteiger partial charge in [0.25, 0.3) is 0 Å². The van der Waals surface area contributed by atoms with Gasteiger partial charge >= 0.3 is 0 Å². The Hall–Kier alpha value is -1.26. The van der Waals surface area contributed by atoms with Crippen LogP contribution >= 0.6 is 11.6 Å². The minimum Gasteiger partial charge on any atom is -0.508 e. The predicted molar refractivity (Wildman–Crippen MR) is 75.3 cm³/mol. The van der Waals surface area contributed by atoms with E-state index < -0.39 is 6.10 Å². The molecule has 0 bridgehead atoms. The van der Waals surface area contributed by atoms with Crippen molar-refractivity contribution in [3.05, 3.63) is 28.8 Å². The molecular formula is C14H20ClNO3. The largest absolute Gasteiger partial charge is 0.508 e. The highest BCUT2D eigenvalue weighted by Gasteiger charge is 2.11. The van der Waals surface area contributed by atoms with Crippen LogP contribution in [0.25, 0.3) is 0 Å². The van der Waals surface area contributed by atoms with Crippen LogP contribution in [0.5, 0.6) is 5.75 Å². The minimum atomic E-state index is -0.405. The molecule has 0 aromatic heterocycles. The van der Waals surface area contributed by atoms with E-state index >= 15 is 0 Å². The van der Waals surface area contributed by atoms with E-state index in [0.29, 0.717) is 23.6 Å². The maximum Gasteiger partial charge on any atom is 0.224 e. The third-order valence-corrected chi connectivity index (χ3v) is 3.27. The minimum absolute atomic E-state index is 0.0780. The summed E-state index contributed by atoms with van der Waals surface area (Å²) >= 11 is 5.92. The molecule has 1 unspecified atom stereocenters. The van der Waals surface area contributed by atoms with Gasteiger partial charge in [0.2, 0.25) is 5.91 Å². The fourth-order valence-corrected chi connectivity index (χ4v) is 1.85. The summed E-state index contributed by atoms with van der Waals surface area (Å²) in [5.74, 6) is 0.112. The van der Waals surface area contributed by atoms with Crippen molar-refractivity contribution in [1.29, 1.82) is 0 Å². The number of phenolic OH excluding ortho intramolecular Hbond substituents is 1. The molecule has 0 spiro atoms. The highest BCUT2D eigenvalue weighted by molar-refractivity contribution is 6.31. The lowest BCUT2D eigenvalue weighted by Crippen LogP contribution is -2.29. The number of hydrogen-bond donors (Lipinski definition) is 3. The summed E-state index contributed by atoms with van der Waals surface area (Å²) in [6.07, 6.45) is 0.293. The molecule has 1 aromatic carbocycles. The van der Waals surface area contributed by atoms with E-state index in [1.165, 1.54) is 12.1 Å². The number of carbonyl (C=O) groups excluding carboxylic acids is 1. The van der Waals surface area contributed by atoms with Gasteiger partial charge in [-0.15, -0.1) is 0 Å². The van der Waals surface area contributed by atoms with E-state index in [2.05, 4.69) is 5.32 Å². The monoisotopic (exact) mass is 285 g/mol. The number of aliphatic hydroxyl groups excluding tert-OH is 1. The summed E-state index contributed by atoms with van der Waals surface area (Å²) in [4.78, 5) is 11.7. The van der Waals surface area contributed by atoms with Crippen LogP contribution < -0.4 is 5.32 Å². The molecule has 0 aliphatic heterocycles. The summed E-state index contributed by atoms with van der Waals surface area (Å²) in [6.45, 7) is 4.30. The fourth-order valence-electron chi connectivity index (χ4n) is 1.61. The number of rotatable bonds is 6. The summed E-state index contributed by atoms with van der Waals surface area (Å²) in [6, 6.07) is 4.53. The molecule has 1 rings (SSSR count). The standard InChI is InChI=1S/C14H20ClNO3/c1-9(2)13(18)5-6-16-14(19)7-10-3-4-11(17)8-12(10)15/h3-4,8-9,13,17-18H,5-7H2,1-2H3,(H,16,19). The Morgan fingerprint density at radius 3 is 2.68 bits per heavy atom. The molecule has 1 atom stereocenters. The first kappa shape index (κ1) is 15.8. The summed E-state index contributed by atoms with van der Waals surface area (Å²) in [5, 5.41) is 21.9. The second-order valence-corrected chi connectivity index (χ2v) is 5.31. The van der Waals surface area contributed by atoms with Crippen LogP contribution in [0.15, 0.2) is 18.2 Å². The number of benzene rings is 1. The zero-order chi connectivity index (χ0) is 14.4. The molecule has 0 radical (unpaired) electrons. The zero-order valence-electron chi connectivity index (χ0n) is 11.2. The average Bonchev–Trinajstić information content (AvgIpc) is 2.32. The predicted octanol–water partition coefficient (Wildman–Crippen LogP) is 2.11. The summed E-state index contributed by atoms with van der Waals surface area (Å²) in [7, 11) is 0. The van der Waals surface area contributed by atoms with Crippen LogP contribution in [0.4, 0.5) is 0 Å². The van der Waals surface area contributed by atoms with Crippen molar-refractivity contribution in [3.63, 3.8) is 0 Å². The Kier molecular flexibility index (Phi) is 6.12. The lowest BCUT2D eigenvalue weighted by Gasteiger charge is -2.14. The van der Waals surface area contributed by atoms with Gasteiger partial charge in [-0.25, -0.2) is 0 Å². The molecule has 0 saturated heterocycles. The zero-order valence-corrected chi connectivity index (χ0v) is 11.9. The van der Waals surface area contributed by atoms with Crippen molar-refractivity contribution in [3.8, 4) is 5.75 Å². The van der Waals surface area contributed by atoms with Gasteiger partial charge in [0.15, 0.2) is 0 Å². The Morgan fingerprint density at radius 2 is 2.11 bits per heavy atom. The van der Waals surface area contributed by atoms with Crippen molar-refractivity contribution in [1.82, 2.24) is 5.32 Å². The third-order valence-electron chi connectivity index (χ3n) is 2.92. The number of amides is 1. The van der Waals surface area contributed by atoms with Crippen molar-refractivity contribution in [2.45, 2.75) is 32.8 Å². The molecule has 1 amide bonds. The van der Waals surface area contributed by atoms with Crippen LogP contribution in [-0.2, 0) is 11.2 Å². The molecule has 0 fully saturated rings. The number of aliphatic hydroxyl groups is 1. The SMILES string of the molecule is CC(C)C(O)CCNC(=O)Cc1ccc(O)cc1Cl. The number of nitrogens with one attached hydrogen (secondary N) is 1. The Bertz CT molecular complexity index is 435. The summed E-state index contributed by atoms with van der Waals surface area (Å²) < 4.78 is 0. The normalized spacial score (nSPS) is 12.5. The number of phenols is 1.